The molecule has 4 nitrogen and oxygen atoms in total. The fourth-order valence-electron chi connectivity index (χ4n) is 1.52. The lowest BCUT2D eigenvalue weighted by Gasteiger charge is -2.18. The zero-order valence-electron chi connectivity index (χ0n) is 11.4. The van der Waals surface area contributed by atoms with Gasteiger partial charge in [-0.2, -0.15) is 13.2 Å². The summed E-state index contributed by atoms with van der Waals surface area (Å²) in [4.78, 5) is 17.3. The van der Waals surface area contributed by atoms with Crippen molar-refractivity contribution in [2.24, 2.45) is 0 Å². The molecule has 0 radical (unpaired) electrons. The summed E-state index contributed by atoms with van der Waals surface area (Å²) in [5.41, 5.74) is 0.0374. The highest BCUT2D eigenvalue weighted by atomic mass is 19.4. The van der Waals surface area contributed by atoms with Crippen LogP contribution in [-0.2, 0) is 0 Å². The summed E-state index contributed by atoms with van der Waals surface area (Å²) < 4.78 is 41.0. The largest absolute Gasteiger partial charge is 0.467 e. The number of amides is 1. The van der Waals surface area contributed by atoms with E-state index in [2.05, 4.69) is 9.72 Å². The first-order chi connectivity index (χ1) is 9.35. The van der Waals surface area contributed by atoms with Gasteiger partial charge < -0.3 is 9.64 Å². The summed E-state index contributed by atoms with van der Waals surface area (Å²) in [5.74, 6) is -0.693. The Balaban J connectivity index is 2.81. The van der Waals surface area contributed by atoms with Crippen molar-refractivity contribution in [1.29, 1.82) is 0 Å². The molecule has 0 fully saturated rings. The standard InChI is InChI=1S/C13H17F3N2O2/c1-3-4-8-18(2)12(19)10-6-5-7-17-11(10)20-9-13(14,15)16/h5-7H,3-4,8-9H2,1-2H3. The van der Waals surface area contributed by atoms with Crippen molar-refractivity contribution in [1.82, 2.24) is 9.88 Å². The third-order valence-corrected chi connectivity index (χ3v) is 2.57. The number of unbranched alkanes of at least 4 members (excludes halogenated alkanes) is 1. The van der Waals surface area contributed by atoms with Crippen LogP contribution < -0.4 is 4.74 Å². The molecule has 1 amide bonds. The summed E-state index contributed by atoms with van der Waals surface area (Å²) in [6, 6.07) is 2.89. The Labute approximate surface area is 115 Å². The summed E-state index contributed by atoms with van der Waals surface area (Å²) in [6.07, 6.45) is -1.44. The maximum Gasteiger partial charge on any atom is 0.422 e. The predicted octanol–water partition coefficient (Wildman–Crippen LogP) is 2.89. The molecule has 0 bridgehead atoms. The van der Waals surface area contributed by atoms with E-state index >= 15 is 0 Å². The van der Waals surface area contributed by atoms with Crippen LogP contribution in [0.1, 0.15) is 30.1 Å². The first kappa shape index (κ1) is 16.3. The smallest absolute Gasteiger partial charge is 0.422 e. The van der Waals surface area contributed by atoms with Crippen molar-refractivity contribution in [2.75, 3.05) is 20.2 Å². The van der Waals surface area contributed by atoms with Gasteiger partial charge in [0, 0.05) is 19.8 Å². The monoisotopic (exact) mass is 290 g/mol. The Morgan fingerprint density at radius 3 is 2.75 bits per heavy atom. The van der Waals surface area contributed by atoms with Gasteiger partial charge in [0.2, 0.25) is 5.88 Å². The lowest BCUT2D eigenvalue weighted by atomic mass is 10.2. The van der Waals surface area contributed by atoms with Crippen molar-refractivity contribution >= 4 is 5.91 Å². The highest BCUT2D eigenvalue weighted by molar-refractivity contribution is 5.96. The van der Waals surface area contributed by atoms with Gasteiger partial charge in [0.15, 0.2) is 6.61 Å². The first-order valence-corrected chi connectivity index (χ1v) is 6.25. The molecule has 0 spiro atoms. The van der Waals surface area contributed by atoms with E-state index < -0.39 is 18.7 Å². The fourth-order valence-corrected chi connectivity index (χ4v) is 1.52. The molecule has 112 valence electrons. The molecular weight excluding hydrogens is 273 g/mol. The van der Waals surface area contributed by atoms with E-state index in [1.165, 1.54) is 23.2 Å². The number of aromatic nitrogens is 1. The van der Waals surface area contributed by atoms with E-state index in [0.717, 1.165) is 12.8 Å². The summed E-state index contributed by atoms with van der Waals surface area (Å²) >= 11 is 0. The van der Waals surface area contributed by atoms with Gasteiger partial charge in [0.1, 0.15) is 5.56 Å². The topological polar surface area (TPSA) is 42.4 Å². The van der Waals surface area contributed by atoms with E-state index in [1.54, 1.807) is 7.05 Å². The summed E-state index contributed by atoms with van der Waals surface area (Å²) in [6.45, 7) is 1.05. The second kappa shape index (κ2) is 7.12. The van der Waals surface area contributed by atoms with Gasteiger partial charge in [0.05, 0.1) is 0 Å². The lowest BCUT2D eigenvalue weighted by molar-refractivity contribution is -0.154. The molecule has 1 rings (SSSR count). The van der Waals surface area contributed by atoms with Crippen LogP contribution in [-0.4, -0.2) is 42.2 Å². The van der Waals surface area contributed by atoms with Crippen LogP contribution in [0.25, 0.3) is 0 Å². The molecule has 0 aliphatic heterocycles. The number of hydrogen-bond donors (Lipinski definition) is 0. The number of pyridine rings is 1. The van der Waals surface area contributed by atoms with Crippen molar-refractivity contribution in [3.8, 4) is 5.88 Å². The van der Waals surface area contributed by atoms with Gasteiger partial charge in [-0.05, 0) is 18.6 Å². The molecule has 0 atom stereocenters. The average molecular weight is 290 g/mol. The zero-order chi connectivity index (χ0) is 15.2. The number of rotatable bonds is 6. The molecule has 0 aromatic carbocycles. The number of nitrogens with zero attached hydrogens (tertiary/aromatic N) is 2. The molecule has 0 saturated carbocycles. The van der Waals surface area contributed by atoms with Crippen LogP contribution >= 0.6 is 0 Å². The molecule has 0 saturated heterocycles. The van der Waals surface area contributed by atoms with Crippen LogP contribution in [0.2, 0.25) is 0 Å². The van der Waals surface area contributed by atoms with Crippen molar-refractivity contribution in [2.45, 2.75) is 25.9 Å². The average Bonchev–Trinajstić information content (AvgIpc) is 2.41. The Morgan fingerprint density at radius 1 is 1.45 bits per heavy atom. The molecular formula is C13H17F3N2O2. The maximum absolute atomic E-state index is 12.2. The molecule has 0 aliphatic rings. The minimum atomic E-state index is -4.47. The van der Waals surface area contributed by atoms with Gasteiger partial charge in [0.25, 0.3) is 5.91 Å². The predicted molar refractivity (Wildman–Crippen MR) is 67.7 cm³/mol. The number of carbonyl (C=O) groups excluding carboxylic acids is 1. The van der Waals surface area contributed by atoms with Crippen molar-refractivity contribution in [3.05, 3.63) is 23.9 Å². The van der Waals surface area contributed by atoms with Crippen LogP contribution in [0.3, 0.4) is 0 Å². The van der Waals surface area contributed by atoms with E-state index in [1.807, 2.05) is 6.92 Å². The highest BCUT2D eigenvalue weighted by Crippen LogP contribution is 2.21. The molecule has 1 aromatic rings. The van der Waals surface area contributed by atoms with E-state index in [-0.39, 0.29) is 11.4 Å². The summed E-state index contributed by atoms with van der Waals surface area (Å²) in [5, 5.41) is 0. The molecule has 0 unspecified atom stereocenters. The SMILES string of the molecule is CCCCN(C)C(=O)c1cccnc1OCC(F)(F)F. The molecule has 7 heteroatoms. The fraction of sp³-hybridized carbons (Fsp3) is 0.538. The first-order valence-electron chi connectivity index (χ1n) is 6.25. The van der Waals surface area contributed by atoms with Crippen LogP contribution in [0.4, 0.5) is 13.2 Å². The molecule has 20 heavy (non-hydrogen) atoms. The van der Waals surface area contributed by atoms with Crippen LogP contribution in [0, 0.1) is 0 Å². The Morgan fingerprint density at radius 2 is 2.15 bits per heavy atom. The van der Waals surface area contributed by atoms with Gasteiger partial charge in [-0.1, -0.05) is 13.3 Å². The van der Waals surface area contributed by atoms with E-state index in [0.29, 0.717) is 6.54 Å². The second-order valence-electron chi connectivity index (χ2n) is 4.34. The quantitative estimate of drug-likeness (QED) is 0.809. The highest BCUT2D eigenvalue weighted by Gasteiger charge is 2.29. The number of carbonyl (C=O) groups is 1. The molecule has 0 aliphatic carbocycles. The van der Waals surface area contributed by atoms with Gasteiger partial charge in [-0.15, -0.1) is 0 Å². The third-order valence-electron chi connectivity index (χ3n) is 2.57. The zero-order valence-corrected chi connectivity index (χ0v) is 11.4. The number of halogens is 3. The summed E-state index contributed by atoms with van der Waals surface area (Å²) in [7, 11) is 1.60. The molecule has 0 N–H and O–H groups in total. The minimum Gasteiger partial charge on any atom is -0.467 e. The van der Waals surface area contributed by atoms with Crippen LogP contribution in [0.15, 0.2) is 18.3 Å². The third kappa shape index (κ3) is 5.07. The van der Waals surface area contributed by atoms with E-state index in [4.69, 9.17) is 0 Å². The van der Waals surface area contributed by atoms with Gasteiger partial charge in [-0.25, -0.2) is 4.98 Å². The minimum absolute atomic E-state index is 0.0374. The van der Waals surface area contributed by atoms with Crippen molar-refractivity contribution < 1.29 is 22.7 Å². The van der Waals surface area contributed by atoms with Crippen LogP contribution in [0.5, 0.6) is 5.88 Å². The number of ether oxygens (including phenoxy) is 1. The molecule has 1 aromatic heterocycles. The maximum atomic E-state index is 12.2. The van der Waals surface area contributed by atoms with Gasteiger partial charge in [-0.3, -0.25) is 4.79 Å². The second-order valence-corrected chi connectivity index (χ2v) is 4.34. The van der Waals surface area contributed by atoms with Gasteiger partial charge >= 0.3 is 6.18 Å². The Kier molecular flexibility index (Phi) is 5.79. The normalized spacial score (nSPS) is 11.2. The Bertz CT molecular complexity index is 449. The number of alkyl halides is 3. The lowest BCUT2D eigenvalue weighted by Crippen LogP contribution is -2.29. The van der Waals surface area contributed by atoms with E-state index in [9.17, 15) is 18.0 Å². The molecule has 1 heterocycles. The van der Waals surface area contributed by atoms with Crippen molar-refractivity contribution in [3.63, 3.8) is 0 Å². The number of hydrogen-bond acceptors (Lipinski definition) is 3. The Hall–Kier alpha value is -1.79.